The molecule has 0 spiro atoms. The first-order chi connectivity index (χ1) is 7.87. The van der Waals surface area contributed by atoms with Crippen LogP contribution in [0.25, 0.3) is 11.0 Å². The number of nitrogens with one attached hydrogen (secondary N) is 1. The number of nitrogens with zero attached hydrogens (tertiary/aromatic N) is 1. The van der Waals surface area contributed by atoms with Gasteiger partial charge < -0.3 is 9.55 Å². The number of aryl methyl sites for hydroxylation is 1. The van der Waals surface area contributed by atoms with Gasteiger partial charge in [-0.1, -0.05) is 11.6 Å². The highest BCUT2D eigenvalue weighted by molar-refractivity contribution is 7.71. The van der Waals surface area contributed by atoms with Gasteiger partial charge in [-0.3, -0.25) is 0 Å². The molecule has 0 bridgehead atoms. The molecule has 1 N–H and O–H groups in total. The largest absolute Gasteiger partial charge is 0.390 e. The molecule has 0 radical (unpaired) electrons. The molecule has 17 heavy (non-hydrogen) atoms. The smallest absolute Gasteiger partial charge is 0.331 e. The third-order valence-electron chi connectivity index (χ3n) is 2.36. The average Bonchev–Trinajstić information content (AvgIpc) is 2.49. The van der Waals surface area contributed by atoms with Crippen molar-refractivity contribution in [3.05, 3.63) is 28.0 Å². The Morgan fingerprint density at radius 1 is 1.35 bits per heavy atom. The Labute approximate surface area is 105 Å². The van der Waals surface area contributed by atoms with E-state index in [2.05, 4.69) is 4.98 Å². The maximum atomic E-state index is 12.2. The van der Waals surface area contributed by atoms with Crippen molar-refractivity contribution >= 4 is 34.9 Å². The van der Waals surface area contributed by atoms with Crippen molar-refractivity contribution in [3.63, 3.8) is 0 Å². The van der Waals surface area contributed by atoms with Crippen LogP contribution in [0.1, 0.15) is 6.42 Å². The lowest BCUT2D eigenvalue weighted by molar-refractivity contribution is -0.136. The van der Waals surface area contributed by atoms with Gasteiger partial charge in [0.1, 0.15) is 0 Å². The molecule has 1 heterocycles. The second-order valence-corrected chi connectivity index (χ2v) is 4.43. The number of halogens is 4. The molecule has 0 aliphatic heterocycles. The fourth-order valence-corrected chi connectivity index (χ4v) is 2.05. The molecule has 2 rings (SSSR count). The summed E-state index contributed by atoms with van der Waals surface area (Å²) >= 11 is 10.8. The number of aromatic amines is 1. The van der Waals surface area contributed by atoms with Crippen molar-refractivity contribution < 1.29 is 13.2 Å². The zero-order valence-corrected chi connectivity index (χ0v) is 10.1. The number of hydrogen-bond donors (Lipinski definition) is 1. The van der Waals surface area contributed by atoms with Gasteiger partial charge >= 0.3 is 6.18 Å². The number of H-pyrrole nitrogens is 1. The van der Waals surface area contributed by atoms with E-state index in [-0.39, 0.29) is 11.3 Å². The Kier molecular flexibility index (Phi) is 3.18. The van der Waals surface area contributed by atoms with Crippen LogP contribution in [0.15, 0.2) is 18.2 Å². The minimum atomic E-state index is -4.20. The summed E-state index contributed by atoms with van der Waals surface area (Å²) in [5.41, 5.74) is 1.27. The van der Waals surface area contributed by atoms with Crippen LogP contribution in [0.5, 0.6) is 0 Å². The lowest BCUT2D eigenvalue weighted by atomic mass is 10.3. The molecule has 0 atom stereocenters. The third kappa shape index (κ3) is 2.81. The molecular formula is C10H8ClF3N2S. The Morgan fingerprint density at radius 2 is 2.06 bits per heavy atom. The highest BCUT2D eigenvalue weighted by atomic mass is 35.5. The zero-order valence-electron chi connectivity index (χ0n) is 8.51. The topological polar surface area (TPSA) is 20.7 Å². The summed E-state index contributed by atoms with van der Waals surface area (Å²) in [7, 11) is 0. The van der Waals surface area contributed by atoms with Crippen LogP contribution in [-0.4, -0.2) is 15.7 Å². The molecule has 1 aromatic carbocycles. The SMILES string of the molecule is FC(F)(F)CCn1c(=S)[nH]c2ccc(Cl)cc21. The summed E-state index contributed by atoms with van der Waals surface area (Å²) in [6.07, 6.45) is -5.11. The van der Waals surface area contributed by atoms with Gasteiger partial charge in [-0.2, -0.15) is 13.2 Å². The van der Waals surface area contributed by atoms with Gasteiger partial charge in [0, 0.05) is 11.6 Å². The first-order valence-corrected chi connectivity index (χ1v) is 5.60. The van der Waals surface area contributed by atoms with Crippen molar-refractivity contribution in [1.82, 2.24) is 9.55 Å². The van der Waals surface area contributed by atoms with E-state index in [0.29, 0.717) is 16.1 Å². The highest BCUT2D eigenvalue weighted by Gasteiger charge is 2.27. The van der Waals surface area contributed by atoms with Crippen LogP contribution in [0.4, 0.5) is 13.2 Å². The average molecular weight is 281 g/mol. The fraction of sp³-hybridized carbons (Fsp3) is 0.300. The number of aromatic nitrogens is 2. The van der Waals surface area contributed by atoms with Crippen molar-refractivity contribution in [2.75, 3.05) is 0 Å². The number of hydrogen-bond acceptors (Lipinski definition) is 1. The molecule has 2 nitrogen and oxygen atoms in total. The Bertz CT molecular complexity index is 600. The van der Waals surface area contributed by atoms with E-state index >= 15 is 0 Å². The van der Waals surface area contributed by atoms with Gasteiger partial charge in [0.2, 0.25) is 0 Å². The van der Waals surface area contributed by atoms with Crippen LogP contribution in [-0.2, 0) is 6.54 Å². The minimum Gasteiger partial charge on any atom is -0.331 e. The van der Waals surface area contributed by atoms with Crippen LogP contribution in [0.2, 0.25) is 5.02 Å². The maximum absolute atomic E-state index is 12.2. The van der Waals surface area contributed by atoms with Crippen molar-refractivity contribution in [2.24, 2.45) is 0 Å². The van der Waals surface area contributed by atoms with Crippen molar-refractivity contribution in [1.29, 1.82) is 0 Å². The van der Waals surface area contributed by atoms with Crippen molar-refractivity contribution in [3.8, 4) is 0 Å². The third-order valence-corrected chi connectivity index (χ3v) is 2.91. The van der Waals surface area contributed by atoms with E-state index in [9.17, 15) is 13.2 Å². The Hall–Kier alpha value is -1.01. The monoisotopic (exact) mass is 280 g/mol. The second kappa shape index (κ2) is 4.34. The summed E-state index contributed by atoms with van der Waals surface area (Å²) in [4.78, 5) is 2.84. The van der Waals surface area contributed by atoms with E-state index < -0.39 is 12.6 Å². The number of benzene rings is 1. The molecule has 0 amide bonds. The number of rotatable bonds is 2. The van der Waals surface area contributed by atoms with Gasteiger partial charge in [0.05, 0.1) is 17.5 Å². The molecule has 0 fully saturated rings. The van der Waals surface area contributed by atoms with E-state index in [1.807, 2.05) is 0 Å². The predicted octanol–water partition coefficient (Wildman–Crippen LogP) is 4.30. The van der Waals surface area contributed by atoms with Crippen LogP contribution in [0, 0.1) is 4.77 Å². The van der Waals surface area contributed by atoms with E-state index in [0.717, 1.165) is 0 Å². The summed E-state index contributed by atoms with van der Waals surface area (Å²) in [6, 6.07) is 4.94. The predicted molar refractivity (Wildman–Crippen MR) is 62.8 cm³/mol. The van der Waals surface area contributed by atoms with Crippen LogP contribution >= 0.6 is 23.8 Å². The van der Waals surface area contributed by atoms with E-state index in [1.165, 1.54) is 4.57 Å². The lowest BCUT2D eigenvalue weighted by Crippen LogP contribution is -2.12. The highest BCUT2D eigenvalue weighted by Crippen LogP contribution is 2.24. The van der Waals surface area contributed by atoms with E-state index in [1.54, 1.807) is 18.2 Å². The molecule has 0 aliphatic carbocycles. The summed E-state index contributed by atoms with van der Waals surface area (Å²) in [5.74, 6) is 0. The van der Waals surface area contributed by atoms with Crippen LogP contribution < -0.4 is 0 Å². The van der Waals surface area contributed by atoms with Gasteiger partial charge in [0.15, 0.2) is 4.77 Å². The first-order valence-electron chi connectivity index (χ1n) is 4.82. The molecule has 0 aliphatic rings. The normalized spacial score (nSPS) is 12.2. The minimum absolute atomic E-state index is 0.206. The van der Waals surface area contributed by atoms with Crippen molar-refractivity contribution in [2.45, 2.75) is 19.1 Å². The first kappa shape index (κ1) is 12.4. The number of imidazole rings is 1. The Morgan fingerprint density at radius 3 is 2.71 bits per heavy atom. The second-order valence-electron chi connectivity index (χ2n) is 3.61. The fourth-order valence-electron chi connectivity index (χ4n) is 1.59. The standard InChI is InChI=1S/C10H8ClF3N2S/c11-6-1-2-7-8(5-6)16(9(17)15-7)4-3-10(12,13)14/h1-2,5H,3-4H2,(H,15,17). The quantitative estimate of drug-likeness (QED) is 0.813. The Balaban J connectivity index is 2.42. The van der Waals surface area contributed by atoms with Gasteiger partial charge in [-0.25, -0.2) is 0 Å². The van der Waals surface area contributed by atoms with Gasteiger partial charge in [-0.15, -0.1) is 0 Å². The lowest BCUT2D eigenvalue weighted by Gasteiger charge is -2.07. The number of fused-ring (bicyclic) bond motifs is 1. The molecular weight excluding hydrogens is 273 g/mol. The zero-order chi connectivity index (χ0) is 12.6. The molecule has 0 saturated carbocycles. The molecule has 7 heteroatoms. The van der Waals surface area contributed by atoms with Gasteiger partial charge in [-0.05, 0) is 30.4 Å². The molecule has 0 unspecified atom stereocenters. The molecule has 92 valence electrons. The molecule has 2 aromatic rings. The van der Waals surface area contributed by atoms with Crippen LogP contribution in [0.3, 0.4) is 0 Å². The summed E-state index contributed by atoms with van der Waals surface area (Å²) in [6.45, 7) is -0.206. The van der Waals surface area contributed by atoms with Gasteiger partial charge in [0.25, 0.3) is 0 Å². The molecule has 1 aromatic heterocycles. The number of alkyl halides is 3. The summed E-state index contributed by atoms with van der Waals surface area (Å²) in [5, 5.41) is 0.465. The molecule has 0 saturated heterocycles. The maximum Gasteiger partial charge on any atom is 0.390 e. The summed E-state index contributed by atoms with van der Waals surface area (Å²) < 4.78 is 38.2. The van der Waals surface area contributed by atoms with E-state index in [4.69, 9.17) is 23.8 Å².